The van der Waals surface area contributed by atoms with E-state index in [1.165, 1.54) is 11.1 Å². The summed E-state index contributed by atoms with van der Waals surface area (Å²) in [4.78, 5) is 76.8. The van der Waals surface area contributed by atoms with Crippen LogP contribution in [0.4, 0.5) is 20.2 Å². The predicted octanol–water partition coefficient (Wildman–Crippen LogP) is 7.03. The lowest BCUT2D eigenvalue weighted by atomic mass is 9.85. The number of likely N-dealkylation sites (tertiary alicyclic amines) is 2. The van der Waals surface area contributed by atoms with Gasteiger partial charge in [-0.3, -0.25) is 33.7 Å². The third-order valence-electron chi connectivity index (χ3n) is 16.0. The van der Waals surface area contributed by atoms with Gasteiger partial charge in [0.25, 0.3) is 0 Å². The average Bonchev–Trinajstić information content (AvgIpc) is 4.41. The van der Waals surface area contributed by atoms with Crippen LogP contribution in [-0.2, 0) is 31.1 Å². The molecule has 0 bridgehead atoms. The maximum absolute atomic E-state index is 15.4. The monoisotopic (exact) mass is 1170 g/mol. The molecule has 4 fully saturated rings. The number of alkyl halides is 1. The van der Waals surface area contributed by atoms with Gasteiger partial charge >= 0.3 is 10.2 Å². The second-order valence-corrected chi connectivity index (χ2v) is 25.7. The predicted molar refractivity (Wildman–Crippen MR) is 309 cm³/mol. The number of H-pyrrole nitrogens is 1. The van der Waals surface area contributed by atoms with Crippen molar-refractivity contribution < 1.29 is 41.5 Å². The molecule has 4 aliphatic heterocycles. The molecule has 23 heteroatoms. The smallest absolute Gasteiger partial charge is 0.301 e. The summed E-state index contributed by atoms with van der Waals surface area (Å²) in [6.07, 6.45) is 2.99. The van der Waals surface area contributed by atoms with Crippen molar-refractivity contribution in [1.82, 2.24) is 44.6 Å². The fourth-order valence-corrected chi connectivity index (χ4v) is 13.8. The second-order valence-electron chi connectivity index (χ2n) is 22.8. The number of aliphatic hydroxyl groups excluding tert-OH is 1. The number of rotatable bonds is 17. The summed E-state index contributed by atoms with van der Waals surface area (Å²) < 4.78 is 58.3. The van der Waals surface area contributed by atoms with Crippen LogP contribution in [0, 0.1) is 24.1 Å². The fraction of sp³-hybridized carbons (Fsp3) is 0.448. The summed E-state index contributed by atoms with van der Waals surface area (Å²) in [6.45, 7) is 13.7. The minimum Gasteiger partial charge on any atom is -0.391 e. The number of hydrogen-bond donors (Lipinski definition) is 5. The Balaban J connectivity index is 0.678. The van der Waals surface area contributed by atoms with Crippen LogP contribution in [-0.4, -0.2) is 167 Å². The summed E-state index contributed by atoms with van der Waals surface area (Å²) in [7, 11) is -4.22. The molecule has 3 aromatic heterocycles. The quantitative estimate of drug-likeness (QED) is 0.0582. The van der Waals surface area contributed by atoms with E-state index in [-0.39, 0.29) is 74.5 Å². The van der Waals surface area contributed by atoms with Crippen LogP contribution in [0.15, 0.2) is 84.6 Å². The highest BCUT2D eigenvalue weighted by molar-refractivity contribution is 7.90. The largest absolute Gasteiger partial charge is 0.391 e. The van der Waals surface area contributed by atoms with Crippen LogP contribution < -0.4 is 20.3 Å². The Morgan fingerprint density at radius 3 is 2.27 bits per heavy atom. The third-order valence-corrected chi connectivity index (χ3v) is 18.9. The van der Waals surface area contributed by atoms with Gasteiger partial charge in [-0.2, -0.15) is 12.7 Å². The van der Waals surface area contributed by atoms with Gasteiger partial charge in [-0.1, -0.05) is 68.8 Å². The zero-order chi connectivity index (χ0) is 57.3. The standard InChI is InChI=1S/C58H68ClF2N11O7S2/c1-35-53(80-34-65-35)39-7-5-36(6-8-39)27-64-56(76)48-26-43(73)32-72(48)57(77)54(58(2,3)4)66-49(74)33-68-18-15-37(16-19-68)30-69-21-23-70(24-22-69)42-11-9-38(10-12-42)40-25-44-45(29-63-55(44)62-28-40)52(75)50-46(61)13-14-47(51(50)59)67-81(78,79)71-20-17-41(60)31-71/h5-14,25,28-29,34,37,41,43,48,54,67,73H,15-24,26-27,30-33H2,1-4H3,(H,62,63)(H,64,76)(H,66,74)/t41-,43-,48+,54-/m1/s1. The first kappa shape index (κ1) is 57.8. The molecule has 81 heavy (non-hydrogen) atoms. The Morgan fingerprint density at radius 1 is 0.889 bits per heavy atom. The molecular formula is C58H68ClF2N11O7S2. The van der Waals surface area contributed by atoms with Crippen LogP contribution >= 0.6 is 22.9 Å². The van der Waals surface area contributed by atoms with Crippen molar-refractivity contribution in [3.63, 3.8) is 0 Å². The van der Waals surface area contributed by atoms with Crippen LogP contribution in [0.3, 0.4) is 0 Å². The second kappa shape index (κ2) is 24.2. The molecular weight excluding hydrogens is 1100 g/mol. The first-order valence-corrected chi connectivity index (χ1v) is 30.2. The Kier molecular flexibility index (Phi) is 17.3. The third kappa shape index (κ3) is 13.1. The molecule has 10 rings (SSSR count). The zero-order valence-corrected chi connectivity index (χ0v) is 48.1. The molecule has 0 aliphatic carbocycles. The molecule has 0 spiro atoms. The van der Waals surface area contributed by atoms with Crippen LogP contribution in [0.25, 0.3) is 32.6 Å². The Hall–Kier alpha value is -6.40. The van der Waals surface area contributed by atoms with Crippen molar-refractivity contribution in [1.29, 1.82) is 0 Å². The number of nitrogens with one attached hydrogen (secondary N) is 4. The molecule has 430 valence electrons. The number of ketones is 1. The van der Waals surface area contributed by atoms with Gasteiger partial charge in [-0.15, -0.1) is 11.3 Å². The number of aromatic amines is 1. The number of thiazole rings is 1. The van der Waals surface area contributed by atoms with E-state index in [1.54, 1.807) is 23.6 Å². The van der Waals surface area contributed by atoms with Crippen molar-refractivity contribution in [3.05, 3.63) is 118 Å². The number of amides is 3. The number of carbonyl (C=O) groups is 4. The lowest BCUT2D eigenvalue weighted by molar-refractivity contribution is -0.144. The number of fused-ring (bicyclic) bond motifs is 1. The summed E-state index contributed by atoms with van der Waals surface area (Å²) in [6, 6.07) is 18.1. The van der Waals surface area contributed by atoms with Gasteiger partial charge in [0.05, 0.1) is 45.0 Å². The van der Waals surface area contributed by atoms with Gasteiger partial charge in [0, 0.05) is 99.9 Å². The van der Waals surface area contributed by atoms with Gasteiger partial charge in [-0.05, 0) is 97.6 Å². The molecule has 4 aliphatic rings. The molecule has 5 N–H and O–H groups in total. The maximum atomic E-state index is 15.4. The molecule has 3 aromatic carbocycles. The number of aromatic nitrogens is 3. The zero-order valence-electron chi connectivity index (χ0n) is 45.8. The number of aliphatic hydroxyl groups is 1. The van der Waals surface area contributed by atoms with E-state index in [2.05, 4.69) is 57.1 Å². The molecule has 0 saturated carbocycles. The summed E-state index contributed by atoms with van der Waals surface area (Å²) in [5.74, 6) is -2.22. The topological polar surface area (TPSA) is 217 Å². The molecule has 4 saturated heterocycles. The normalized spacial score (nSPS) is 20.2. The summed E-state index contributed by atoms with van der Waals surface area (Å²) in [5.41, 5.74) is 6.48. The number of piperidine rings is 1. The number of carbonyl (C=O) groups excluding carboxylic acids is 4. The number of piperazine rings is 1. The number of aryl methyl sites for hydroxylation is 1. The van der Waals surface area contributed by atoms with Crippen molar-refractivity contribution in [3.8, 4) is 21.6 Å². The van der Waals surface area contributed by atoms with E-state index in [1.807, 2.05) is 69.6 Å². The van der Waals surface area contributed by atoms with E-state index in [0.29, 0.717) is 17.0 Å². The number of β-amino-alcohol motifs (C(OH)–C–C–N with tert-alkyl or cyclic N) is 1. The number of hydrogen-bond acceptors (Lipinski definition) is 13. The van der Waals surface area contributed by atoms with Gasteiger partial charge in [-0.25, -0.2) is 18.7 Å². The van der Waals surface area contributed by atoms with Crippen molar-refractivity contribution in [2.45, 2.75) is 84.3 Å². The highest BCUT2D eigenvalue weighted by Crippen LogP contribution is 2.35. The molecule has 0 radical (unpaired) electrons. The number of benzene rings is 3. The van der Waals surface area contributed by atoms with Gasteiger partial charge in [0.1, 0.15) is 29.7 Å². The lowest BCUT2D eigenvalue weighted by Gasteiger charge is -2.40. The minimum atomic E-state index is -4.22. The van der Waals surface area contributed by atoms with E-state index in [4.69, 9.17) is 11.6 Å². The number of nitrogens with zero attached hydrogens (tertiary/aromatic N) is 7. The van der Waals surface area contributed by atoms with Gasteiger partial charge in [0.15, 0.2) is 5.78 Å². The van der Waals surface area contributed by atoms with Gasteiger partial charge in [0.2, 0.25) is 17.7 Å². The first-order chi connectivity index (χ1) is 38.7. The SMILES string of the molecule is Cc1ncsc1-c1ccc(CNC(=O)[C@@H]2C[C@@H](O)CN2C(=O)[C@@H](NC(=O)CN2CCC(CN3CCN(c4ccc(-c5cnc6[nH]cc(C(=O)c7c(F)ccc(NS(=O)(=O)N8CC[C@@H](F)C8)c7Cl)c6c5)cc4)CC3)CC2)C(C)(C)C)cc1. The summed E-state index contributed by atoms with van der Waals surface area (Å²) >= 11 is 8.10. The van der Waals surface area contributed by atoms with Crippen LogP contribution in [0.5, 0.6) is 0 Å². The molecule has 6 aromatic rings. The highest BCUT2D eigenvalue weighted by Gasteiger charge is 2.45. The molecule has 4 atom stereocenters. The highest BCUT2D eigenvalue weighted by atomic mass is 35.5. The van der Waals surface area contributed by atoms with E-state index < -0.39 is 62.2 Å². The van der Waals surface area contributed by atoms with E-state index in [9.17, 15) is 37.1 Å². The first-order valence-electron chi connectivity index (χ1n) is 27.5. The Morgan fingerprint density at radius 2 is 1.60 bits per heavy atom. The number of anilines is 2. The Bertz CT molecular complexity index is 3400. The van der Waals surface area contributed by atoms with Crippen LogP contribution in [0.1, 0.15) is 73.6 Å². The molecule has 7 heterocycles. The fourth-order valence-electron chi connectivity index (χ4n) is 11.4. The molecule has 3 amide bonds. The van der Waals surface area contributed by atoms with Crippen LogP contribution in [0.2, 0.25) is 5.02 Å². The van der Waals surface area contributed by atoms with Crippen molar-refractivity contribution >= 4 is 79.1 Å². The molecule has 0 unspecified atom stereocenters. The average molecular weight is 1170 g/mol. The van der Waals surface area contributed by atoms with E-state index >= 15 is 4.39 Å². The minimum absolute atomic E-state index is 0.00477. The number of halogens is 3. The van der Waals surface area contributed by atoms with Gasteiger partial charge < -0.3 is 30.5 Å². The van der Waals surface area contributed by atoms with Crippen molar-refractivity contribution in [2.75, 3.05) is 81.6 Å². The summed E-state index contributed by atoms with van der Waals surface area (Å²) in [5, 5.41) is 16.7. The number of pyridine rings is 1. The Labute approximate surface area is 479 Å². The lowest BCUT2D eigenvalue weighted by Crippen LogP contribution is -2.59. The molecule has 18 nitrogen and oxygen atoms in total. The van der Waals surface area contributed by atoms with Crippen molar-refractivity contribution in [2.24, 2.45) is 11.3 Å². The van der Waals surface area contributed by atoms with E-state index in [0.717, 1.165) is 114 Å². The maximum Gasteiger partial charge on any atom is 0.301 e.